The van der Waals surface area contributed by atoms with Gasteiger partial charge in [0.25, 0.3) is 0 Å². The molecule has 3 nitrogen and oxygen atoms in total. The van der Waals surface area contributed by atoms with Crippen LogP contribution in [0.3, 0.4) is 0 Å². The molecule has 0 bridgehead atoms. The van der Waals surface area contributed by atoms with Crippen molar-refractivity contribution in [1.29, 1.82) is 0 Å². The van der Waals surface area contributed by atoms with E-state index >= 15 is 0 Å². The maximum atomic E-state index is 9.47. The Bertz CT molecular complexity index is 626. The highest BCUT2D eigenvalue weighted by Crippen LogP contribution is 2.29. The molecule has 21 heavy (non-hydrogen) atoms. The van der Waals surface area contributed by atoms with Gasteiger partial charge in [-0.1, -0.05) is 29.8 Å². The first kappa shape index (κ1) is 14.2. The number of nitrogens with one attached hydrogen (secondary N) is 1. The van der Waals surface area contributed by atoms with E-state index in [0.29, 0.717) is 12.6 Å². The topological polar surface area (TPSA) is 41.5 Å². The largest absolute Gasteiger partial charge is 0.508 e. The third-order valence-corrected chi connectivity index (χ3v) is 3.88. The Morgan fingerprint density at radius 3 is 2.76 bits per heavy atom. The molecule has 0 amide bonds. The van der Waals surface area contributed by atoms with Crippen LogP contribution in [0.1, 0.15) is 24.0 Å². The van der Waals surface area contributed by atoms with Crippen molar-refractivity contribution in [3.8, 4) is 11.5 Å². The quantitative estimate of drug-likeness (QED) is 0.851. The first-order valence-corrected chi connectivity index (χ1v) is 7.51. The molecule has 4 heteroatoms. The minimum atomic E-state index is 0.248. The van der Waals surface area contributed by atoms with Crippen molar-refractivity contribution in [3.63, 3.8) is 0 Å². The van der Waals surface area contributed by atoms with Gasteiger partial charge in [0.05, 0.1) is 0 Å². The summed E-state index contributed by atoms with van der Waals surface area (Å²) < 4.78 is 5.88. The van der Waals surface area contributed by atoms with E-state index in [4.69, 9.17) is 16.3 Å². The van der Waals surface area contributed by atoms with Crippen LogP contribution in [0.5, 0.6) is 11.5 Å². The molecule has 0 atom stereocenters. The number of benzene rings is 2. The van der Waals surface area contributed by atoms with Crippen molar-refractivity contribution in [2.24, 2.45) is 0 Å². The lowest BCUT2D eigenvalue weighted by Crippen LogP contribution is -2.16. The molecule has 1 aliphatic rings. The van der Waals surface area contributed by atoms with Gasteiger partial charge in [0.2, 0.25) is 0 Å². The number of phenols is 1. The predicted octanol–water partition coefficient (Wildman–Crippen LogP) is 3.88. The van der Waals surface area contributed by atoms with Crippen LogP contribution in [0.25, 0.3) is 0 Å². The monoisotopic (exact) mass is 303 g/mol. The molecule has 110 valence electrons. The molecule has 0 aromatic heterocycles. The highest BCUT2D eigenvalue weighted by atomic mass is 35.5. The fourth-order valence-corrected chi connectivity index (χ4v) is 2.42. The number of rotatable bonds is 6. The summed E-state index contributed by atoms with van der Waals surface area (Å²) in [5.41, 5.74) is 1.92. The zero-order chi connectivity index (χ0) is 14.7. The Balaban J connectivity index is 1.70. The Kier molecular flexibility index (Phi) is 4.32. The number of hydrogen-bond donors (Lipinski definition) is 2. The molecular formula is C17H18ClNO2. The maximum Gasteiger partial charge on any atom is 0.125 e. The Morgan fingerprint density at radius 1 is 1.19 bits per heavy atom. The van der Waals surface area contributed by atoms with E-state index in [-0.39, 0.29) is 5.75 Å². The summed E-state index contributed by atoms with van der Waals surface area (Å²) in [6.45, 7) is 1.13. The van der Waals surface area contributed by atoms with E-state index in [1.807, 2.05) is 30.3 Å². The van der Waals surface area contributed by atoms with Gasteiger partial charge in [0.1, 0.15) is 18.1 Å². The fraction of sp³-hybridized carbons (Fsp3) is 0.294. The van der Waals surface area contributed by atoms with E-state index in [9.17, 15) is 5.11 Å². The van der Waals surface area contributed by atoms with Crippen LogP contribution < -0.4 is 10.1 Å². The van der Waals surface area contributed by atoms with Crippen LogP contribution in [-0.2, 0) is 13.2 Å². The van der Waals surface area contributed by atoms with E-state index in [1.54, 1.807) is 12.1 Å². The maximum absolute atomic E-state index is 9.47. The Labute approximate surface area is 129 Å². The molecule has 0 radical (unpaired) electrons. The summed E-state index contributed by atoms with van der Waals surface area (Å²) in [7, 11) is 0. The van der Waals surface area contributed by atoms with Crippen LogP contribution in [0, 0.1) is 0 Å². The molecule has 1 aliphatic carbocycles. The number of aromatic hydroxyl groups is 1. The van der Waals surface area contributed by atoms with Crippen LogP contribution in [0.15, 0.2) is 42.5 Å². The summed E-state index contributed by atoms with van der Waals surface area (Å²) in [4.78, 5) is 0. The predicted molar refractivity (Wildman–Crippen MR) is 83.8 cm³/mol. The van der Waals surface area contributed by atoms with Gasteiger partial charge in [0.15, 0.2) is 0 Å². The number of phenolic OH excluding ortho intramolecular Hbond substituents is 1. The van der Waals surface area contributed by atoms with Crippen molar-refractivity contribution in [2.75, 3.05) is 0 Å². The minimum Gasteiger partial charge on any atom is -0.508 e. The lowest BCUT2D eigenvalue weighted by molar-refractivity contribution is 0.301. The van der Waals surface area contributed by atoms with Gasteiger partial charge in [-0.3, -0.25) is 0 Å². The van der Waals surface area contributed by atoms with Crippen molar-refractivity contribution >= 4 is 11.6 Å². The molecular weight excluding hydrogens is 286 g/mol. The molecule has 0 saturated heterocycles. The highest BCUT2D eigenvalue weighted by Gasteiger charge is 2.21. The SMILES string of the molecule is Oc1cccc(COc2cccc(Cl)c2CNC2CC2)c1. The molecule has 2 aromatic rings. The molecule has 2 aromatic carbocycles. The van der Waals surface area contributed by atoms with Crippen molar-refractivity contribution in [2.45, 2.75) is 32.0 Å². The smallest absolute Gasteiger partial charge is 0.125 e. The first-order valence-electron chi connectivity index (χ1n) is 7.14. The Morgan fingerprint density at radius 2 is 2.00 bits per heavy atom. The van der Waals surface area contributed by atoms with E-state index in [2.05, 4.69) is 5.32 Å². The molecule has 1 saturated carbocycles. The van der Waals surface area contributed by atoms with E-state index in [0.717, 1.165) is 28.4 Å². The van der Waals surface area contributed by atoms with Gasteiger partial charge in [-0.2, -0.15) is 0 Å². The van der Waals surface area contributed by atoms with Crippen molar-refractivity contribution in [1.82, 2.24) is 5.32 Å². The average Bonchev–Trinajstić information content (AvgIpc) is 3.28. The van der Waals surface area contributed by atoms with Crippen molar-refractivity contribution < 1.29 is 9.84 Å². The second-order valence-electron chi connectivity index (χ2n) is 5.33. The summed E-state index contributed by atoms with van der Waals surface area (Å²) in [6.07, 6.45) is 2.48. The zero-order valence-electron chi connectivity index (χ0n) is 11.7. The van der Waals surface area contributed by atoms with Crippen LogP contribution in [0.4, 0.5) is 0 Å². The second kappa shape index (κ2) is 6.37. The molecule has 0 unspecified atom stereocenters. The highest BCUT2D eigenvalue weighted by molar-refractivity contribution is 6.31. The average molecular weight is 304 g/mol. The van der Waals surface area contributed by atoms with Gasteiger partial charge >= 0.3 is 0 Å². The molecule has 0 aliphatic heterocycles. The standard InChI is InChI=1S/C17H18ClNO2/c18-16-5-2-6-17(15(16)10-19-13-7-8-13)21-11-12-3-1-4-14(20)9-12/h1-6,9,13,19-20H,7-8,10-11H2. The Hall–Kier alpha value is -1.71. The van der Waals surface area contributed by atoms with Gasteiger partial charge in [0, 0.05) is 23.2 Å². The van der Waals surface area contributed by atoms with Crippen LogP contribution in [0.2, 0.25) is 5.02 Å². The summed E-state index contributed by atoms with van der Waals surface area (Å²) in [6, 6.07) is 13.4. The second-order valence-corrected chi connectivity index (χ2v) is 5.74. The van der Waals surface area contributed by atoms with E-state index < -0.39 is 0 Å². The molecule has 0 heterocycles. The summed E-state index contributed by atoms with van der Waals surface area (Å²) in [5, 5.41) is 13.7. The molecule has 1 fully saturated rings. The number of halogens is 1. The molecule has 3 rings (SSSR count). The van der Waals surface area contributed by atoms with Gasteiger partial charge in [-0.15, -0.1) is 0 Å². The lowest BCUT2D eigenvalue weighted by atomic mass is 10.2. The zero-order valence-corrected chi connectivity index (χ0v) is 12.4. The minimum absolute atomic E-state index is 0.248. The normalized spacial score (nSPS) is 14.1. The molecule has 2 N–H and O–H groups in total. The number of hydrogen-bond acceptors (Lipinski definition) is 3. The van der Waals surface area contributed by atoms with Gasteiger partial charge < -0.3 is 15.2 Å². The number of ether oxygens (including phenoxy) is 1. The first-order chi connectivity index (χ1) is 10.2. The van der Waals surface area contributed by atoms with Gasteiger partial charge in [-0.05, 0) is 42.7 Å². The van der Waals surface area contributed by atoms with Gasteiger partial charge in [-0.25, -0.2) is 0 Å². The van der Waals surface area contributed by atoms with Crippen LogP contribution >= 0.6 is 11.6 Å². The summed E-state index contributed by atoms with van der Waals surface area (Å²) >= 11 is 6.28. The lowest BCUT2D eigenvalue weighted by Gasteiger charge is -2.14. The third-order valence-electron chi connectivity index (χ3n) is 3.53. The van der Waals surface area contributed by atoms with E-state index in [1.165, 1.54) is 12.8 Å². The van der Waals surface area contributed by atoms with Crippen LogP contribution in [-0.4, -0.2) is 11.1 Å². The third kappa shape index (κ3) is 3.90. The fourth-order valence-electron chi connectivity index (χ4n) is 2.19. The summed E-state index contributed by atoms with van der Waals surface area (Å²) in [5.74, 6) is 1.04. The molecule has 0 spiro atoms. The van der Waals surface area contributed by atoms with Crippen molar-refractivity contribution in [3.05, 3.63) is 58.6 Å².